The first kappa shape index (κ1) is 10.4. The molecule has 6 heteroatoms. The summed E-state index contributed by atoms with van der Waals surface area (Å²) in [6.07, 6.45) is 3.80. The lowest BCUT2D eigenvalue weighted by molar-refractivity contribution is 0.256. The smallest absolute Gasteiger partial charge is 0.195 e. The van der Waals surface area contributed by atoms with Crippen LogP contribution in [0.3, 0.4) is 0 Å². The summed E-state index contributed by atoms with van der Waals surface area (Å²) in [4.78, 5) is 2.53. The van der Waals surface area contributed by atoms with Gasteiger partial charge in [0.15, 0.2) is 10.6 Å². The van der Waals surface area contributed by atoms with Crippen molar-refractivity contribution in [3.63, 3.8) is 0 Å². The SMILES string of the molecule is OCc1n[nH]c(=S)n1C1CCN(C2CC2)C1. The Kier molecular flexibility index (Phi) is 2.57. The Morgan fingerprint density at radius 2 is 2.19 bits per heavy atom. The topological polar surface area (TPSA) is 57.1 Å². The van der Waals surface area contributed by atoms with Crippen LogP contribution in [0.1, 0.15) is 31.1 Å². The van der Waals surface area contributed by atoms with Crippen LogP contribution in [-0.4, -0.2) is 43.9 Å². The van der Waals surface area contributed by atoms with E-state index in [-0.39, 0.29) is 6.61 Å². The molecule has 2 fully saturated rings. The second kappa shape index (κ2) is 3.94. The Balaban J connectivity index is 1.81. The number of hydrogen-bond acceptors (Lipinski definition) is 4. The van der Waals surface area contributed by atoms with E-state index >= 15 is 0 Å². The van der Waals surface area contributed by atoms with Gasteiger partial charge in [-0.2, -0.15) is 5.10 Å². The number of aromatic nitrogens is 3. The number of aromatic amines is 1. The van der Waals surface area contributed by atoms with Gasteiger partial charge in [0.1, 0.15) is 6.61 Å². The molecular formula is C10H16N4OS. The maximum Gasteiger partial charge on any atom is 0.195 e. The minimum Gasteiger partial charge on any atom is -0.388 e. The first-order chi connectivity index (χ1) is 7.79. The van der Waals surface area contributed by atoms with E-state index in [9.17, 15) is 5.11 Å². The van der Waals surface area contributed by atoms with Crippen molar-refractivity contribution < 1.29 is 5.11 Å². The predicted molar refractivity (Wildman–Crippen MR) is 61.6 cm³/mol. The van der Waals surface area contributed by atoms with Crippen molar-refractivity contribution in [2.24, 2.45) is 0 Å². The monoisotopic (exact) mass is 240 g/mol. The molecule has 1 atom stereocenters. The standard InChI is InChI=1S/C10H16N4OS/c15-6-9-11-12-10(16)14(9)8-3-4-13(5-8)7-1-2-7/h7-8,15H,1-6H2,(H,12,16). The summed E-state index contributed by atoms with van der Waals surface area (Å²) in [7, 11) is 0. The molecule has 1 aromatic heterocycles. The summed E-state index contributed by atoms with van der Waals surface area (Å²) in [6.45, 7) is 2.14. The maximum atomic E-state index is 9.22. The average Bonchev–Trinajstić information content (AvgIpc) is 2.91. The van der Waals surface area contributed by atoms with Crippen molar-refractivity contribution in [2.45, 2.75) is 38.0 Å². The molecule has 2 heterocycles. The number of aliphatic hydroxyl groups excluding tert-OH is 1. The molecule has 2 aliphatic rings. The van der Waals surface area contributed by atoms with Crippen LogP contribution in [0.25, 0.3) is 0 Å². The van der Waals surface area contributed by atoms with E-state index < -0.39 is 0 Å². The fraction of sp³-hybridized carbons (Fsp3) is 0.800. The van der Waals surface area contributed by atoms with E-state index in [0.717, 1.165) is 25.6 Å². The van der Waals surface area contributed by atoms with Crippen LogP contribution in [0.5, 0.6) is 0 Å². The minimum absolute atomic E-state index is 0.0485. The number of nitrogens with one attached hydrogen (secondary N) is 1. The second-order valence-corrected chi connectivity index (χ2v) is 5.03. The van der Waals surface area contributed by atoms with Crippen molar-refractivity contribution in [1.29, 1.82) is 0 Å². The van der Waals surface area contributed by atoms with Gasteiger partial charge in [0.25, 0.3) is 0 Å². The van der Waals surface area contributed by atoms with Crippen LogP contribution in [0.15, 0.2) is 0 Å². The minimum atomic E-state index is -0.0485. The maximum absolute atomic E-state index is 9.22. The first-order valence-corrected chi connectivity index (χ1v) is 6.21. The molecule has 0 amide bonds. The average molecular weight is 240 g/mol. The second-order valence-electron chi connectivity index (χ2n) is 4.64. The highest BCUT2D eigenvalue weighted by Crippen LogP contribution is 2.33. The van der Waals surface area contributed by atoms with Crippen LogP contribution in [0.4, 0.5) is 0 Å². The van der Waals surface area contributed by atoms with Crippen LogP contribution >= 0.6 is 12.2 Å². The zero-order chi connectivity index (χ0) is 11.1. The van der Waals surface area contributed by atoms with E-state index in [2.05, 4.69) is 15.1 Å². The van der Waals surface area contributed by atoms with Crippen LogP contribution in [0.2, 0.25) is 0 Å². The zero-order valence-electron chi connectivity index (χ0n) is 9.09. The van der Waals surface area contributed by atoms with E-state index in [4.69, 9.17) is 12.2 Å². The van der Waals surface area contributed by atoms with Gasteiger partial charge in [0, 0.05) is 19.1 Å². The Morgan fingerprint density at radius 3 is 2.88 bits per heavy atom. The summed E-state index contributed by atoms with van der Waals surface area (Å²) < 4.78 is 2.62. The number of H-pyrrole nitrogens is 1. The van der Waals surface area contributed by atoms with Gasteiger partial charge in [-0.1, -0.05) is 0 Å². The quantitative estimate of drug-likeness (QED) is 0.769. The Bertz CT molecular complexity index is 436. The summed E-state index contributed by atoms with van der Waals surface area (Å²) in [5, 5.41) is 16.0. The molecule has 5 nitrogen and oxygen atoms in total. The molecule has 1 aromatic rings. The number of hydrogen-bond donors (Lipinski definition) is 2. The fourth-order valence-corrected chi connectivity index (χ4v) is 2.88. The molecule has 0 radical (unpaired) electrons. The highest BCUT2D eigenvalue weighted by atomic mass is 32.1. The third-order valence-corrected chi connectivity index (χ3v) is 3.83. The Hall–Kier alpha value is -0.720. The Labute approximate surface area is 99.1 Å². The zero-order valence-corrected chi connectivity index (χ0v) is 9.91. The summed E-state index contributed by atoms with van der Waals surface area (Å²) in [6, 6.07) is 1.19. The van der Waals surface area contributed by atoms with Gasteiger partial charge < -0.3 is 5.11 Å². The van der Waals surface area contributed by atoms with Gasteiger partial charge in [-0.3, -0.25) is 14.6 Å². The van der Waals surface area contributed by atoms with E-state index in [1.807, 2.05) is 4.57 Å². The molecule has 1 aliphatic carbocycles. The molecule has 1 aliphatic heterocycles. The van der Waals surface area contributed by atoms with Gasteiger partial charge in [0.2, 0.25) is 0 Å². The van der Waals surface area contributed by atoms with Crippen LogP contribution in [-0.2, 0) is 6.61 Å². The van der Waals surface area contributed by atoms with E-state index in [1.165, 1.54) is 12.8 Å². The molecule has 0 aromatic carbocycles. The van der Waals surface area contributed by atoms with Gasteiger partial charge >= 0.3 is 0 Å². The van der Waals surface area contributed by atoms with Gasteiger partial charge in [0.05, 0.1) is 6.04 Å². The predicted octanol–water partition coefficient (Wildman–Crippen LogP) is 0.842. The summed E-state index contributed by atoms with van der Waals surface area (Å²) in [5.74, 6) is 0.660. The molecule has 88 valence electrons. The third-order valence-electron chi connectivity index (χ3n) is 3.54. The third kappa shape index (κ3) is 1.70. The highest BCUT2D eigenvalue weighted by molar-refractivity contribution is 7.71. The molecule has 1 saturated carbocycles. The highest BCUT2D eigenvalue weighted by Gasteiger charge is 2.35. The molecule has 0 bridgehead atoms. The van der Waals surface area contributed by atoms with E-state index in [1.54, 1.807) is 0 Å². The molecule has 1 saturated heterocycles. The van der Waals surface area contributed by atoms with Gasteiger partial charge in [-0.05, 0) is 31.5 Å². The molecule has 0 spiro atoms. The van der Waals surface area contributed by atoms with Crippen molar-refractivity contribution in [3.8, 4) is 0 Å². The van der Waals surface area contributed by atoms with Crippen LogP contribution in [0, 0.1) is 4.77 Å². The number of nitrogens with zero attached hydrogens (tertiary/aromatic N) is 3. The van der Waals surface area contributed by atoms with Crippen molar-refractivity contribution in [1.82, 2.24) is 19.7 Å². The molecule has 16 heavy (non-hydrogen) atoms. The first-order valence-electron chi connectivity index (χ1n) is 5.80. The summed E-state index contributed by atoms with van der Waals surface area (Å²) >= 11 is 5.21. The largest absolute Gasteiger partial charge is 0.388 e. The lowest BCUT2D eigenvalue weighted by atomic mass is 10.2. The molecule has 3 rings (SSSR count). The fourth-order valence-electron chi connectivity index (χ4n) is 2.58. The molecular weight excluding hydrogens is 224 g/mol. The van der Waals surface area contributed by atoms with Gasteiger partial charge in [-0.25, -0.2) is 0 Å². The lowest BCUT2D eigenvalue weighted by Gasteiger charge is -2.16. The number of likely N-dealkylation sites (tertiary alicyclic amines) is 1. The number of rotatable bonds is 3. The number of aliphatic hydroxyl groups is 1. The van der Waals surface area contributed by atoms with Crippen molar-refractivity contribution in [3.05, 3.63) is 10.6 Å². The van der Waals surface area contributed by atoms with Crippen LogP contribution < -0.4 is 0 Å². The van der Waals surface area contributed by atoms with E-state index in [0.29, 0.717) is 16.6 Å². The molecule has 2 N–H and O–H groups in total. The lowest BCUT2D eigenvalue weighted by Crippen LogP contribution is -2.24. The van der Waals surface area contributed by atoms with Crippen molar-refractivity contribution >= 4 is 12.2 Å². The Morgan fingerprint density at radius 1 is 1.38 bits per heavy atom. The van der Waals surface area contributed by atoms with Crippen molar-refractivity contribution in [2.75, 3.05) is 13.1 Å². The summed E-state index contributed by atoms with van der Waals surface area (Å²) in [5.41, 5.74) is 0. The molecule has 1 unspecified atom stereocenters. The van der Waals surface area contributed by atoms with Gasteiger partial charge in [-0.15, -0.1) is 0 Å². The normalized spacial score (nSPS) is 26.4.